The molecule has 0 aliphatic carbocycles. The number of methoxy groups -OCH3 is 2. The van der Waals surface area contributed by atoms with E-state index < -0.39 is 0 Å². The fraction of sp³-hybridized carbons (Fsp3) is 0.200. The van der Waals surface area contributed by atoms with E-state index in [9.17, 15) is 4.79 Å². The Bertz CT molecular complexity index is 1190. The highest BCUT2D eigenvalue weighted by molar-refractivity contribution is 7.13. The quantitative estimate of drug-likeness (QED) is 0.405. The number of nitrogens with zero attached hydrogens (tertiary/aromatic N) is 2. The highest BCUT2D eigenvalue weighted by Crippen LogP contribution is 2.31. The number of hydrogen-bond donors (Lipinski definition) is 1. The van der Waals surface area contributed by atoms with Gasteiger partial charge in [0.1, 0.15) is 5.69 Å². The van der Waals surface area contributed by atoms with Gasteiger partial charge in [-0.1, -0.05) is 42.5 Å². The molecule has 0 bridgehead atoms. The molecule has 2 heterocycles. The molecule has 32 heavy (non-hydrogen) atoms. The zero-order valence-electron chi connectivity index (χ0n) is 18.2. The smallest absolute Gasteiger partial charge is 0.255 e. The third-order valence-electron chi connectivity index (χ3n) is 5.20. The van der Waals surface area contributed by atoms with E-state index in [4.69, 9.17) is 14.6 Å². The standard InChI is InChI=1S/C25H25N3O3S/c1-17(19-11-12-21(30-2)22(14-19)31-3)26-25(29)20-16-28(15-18-8-5-4-6-9-18)27-24(20)23-10-7-13-32-23/h4-14,16-17H,15H2,1-3H3,(H,26,29). The van der Waals surface area contributed by atoms with Crippen LogP contribution in [0.2, 0.25) is 0 Å². The highest BCUT2D eigenvalue weighted by Gasteiger charge is 2.21. The summed E-state index contributed by atoms with van der Waals surface area (Å²) in [6, 6.07) is 19.4. The van der Waals surface area contributed by atoms with Crippen molar-refractivity contribution in [2.45, 2.75) is 19.5 Å². The first-order valence-corrected chi connectivity index (χ1v) is 11.1. The third kappa shape index (κ3) is 4.68. The number of ether oxygens (including phenoxy) is 2. The fourth-order valence-corrected chi connectivity index (χ4v) is 4.24. The normalized spacial score (nSPS) is 11.7. The minimum atomic E-state index is -0.226. The number of aromatic nitrogens is 2. The summed E-state index contributed by atoms with van der Waals surface area (Å²) in [6.07, 6.45) is 1.82. The third-order valence-corrected chi connectivity index (χ3v) is 6.08. The number of benzene rings is 2. The number of amides is 1. The van der Waals surface area contributed by atoms with E-state index in [2.05, 4.69) is 5.32 Å². The average Bonchev–Trinajstić information content (AvgIpc) is 3.49. The van der Waals surface area contributed by atoms with Crippen LogP contribution in [0.15, 0.2) is 72.2 Å². The topological polar surface area (TPSA) is 65.4 Å². The molecule has 1 N–H and O–H groups in total. The molecular weight excluding hydrogens is 422 g/mol. The maximum atomic E-state index is 13.3. The first kappa shape index (κ1) is 21.6. The van der Waals surface area contributed by atoms with Crippen molar-refractivity contribution in [3.05, 3.63) is 88.9 Å². The first-order valence-electron chi connectivity index (χ1n) is 10.3. The fourth-order valence-electron chi connectivity index (χ4n) is 3.51. The second kappa shape index (κ2) is 9.70. The Morgan fingerprint density at radius 1 is 1.06 bits per heavy atom. The van der Waals surface area contributed by atoms with Gasteiger partial charge in [-0.3, -0.25) is 9.48 Å². The molecule has 0 radical (unpaired) electrons. The number of carbonyl (C=O) groups is 1. The van der Waals surface area contributed by atoms with Gasteiger partial charge in [0.2, 0.25) is 0 Å². The maximum Gasteiger partial charge on any atom is 0.255 e. The van der Waals surface area contributed by atoms with Crippen LogP contribution in [0.3, 0.4) is 0 Å². The van der Waals surface area contributed by atoms with E-state index in [1.54, 1.807) is 25.6 Å². The van der Waals surface area contributed by atoms with Crippen LogP contribution in [0, 0.1) is 0 Å². The van der Waals surface area contributed by atoms with Gasteiger partial charge in [0.15, 0.2) is 11.5 Å². The first-order chi connectivity index (χ1) is 15.6. The van der Waals surface area contributed by atoms with Gasteiger partial charge in [-0.05, 0) is 41.6 Å². The van der Waals surface area contributed by atoms with Crippen molar-refractivity contribution < 1.29 is 14.3 Å². The summed E-state index contributed by atoms with van der Waals surface area (Å²) >= 11 is 1.57. The second-order valence-corrected chi connectivity index (χ2v) is 8.31. The lowest BCUT2D eigenvalue weighted by atomic mass is 10.1. The maximum absolute atomic E-state index is 13.3. The number of nitrogens with one attached hydrogen (secondary N) is 1. The van der Waals surface area contributed by atoms with Crippen molar-refractivity contribution >= 4 is 17.2 Å². The lowest BCUT2D eigenvalue weighted by molar-refractivity contribution is 0.0940. The summed E-state index contributed by atoms with van der Waals surface area (Å²) in [5, 5.41) is 9.81. The molecular formula is C25H25N3O3S. The molecule has 1 atom stereocenters. The van der Waals surface area contributed by atoms with Crippen LogP contribution >= 0.6 is 11.3 Å². The van der Waals surface area contributed by atoms with E-state index in [0.717, 1.165) is 16.0 Å². The van der Waals surface area contributed by atoms with Gasteiger partial charge in [-0.25, -0.2) is 0 Å². The van der Waals surface area contributed by atoms with Gasteiger partial charge in [-0.15, -0.1) is 11.3 Å². The molecule has 2 aromatic heterocycles. The van der Waals surface area contributed by atoms with Crippen LogP contribution in [-0.2, 0) is 6.54 Å². The molecule has 0 fully saturated rings. The number of rotatable bonds is 8. The predicted molar refractivity (Wildman–Crippen MR) is 127 cm³/mol. The van der Waals surface area contributed by atoms with Crippen molar-refractivity contribution in [3.63, 3.8) is 0 Å². The van der Waals surface area contributed by atoms with Gasteiger partial charge >= 0.3 is 0 Å². The van der Waals surface area contributed by atoms with Crippen molar-refractivity contribution in [1.29, 1.82) is 0 Å². The summed E-state index contributed by atoms with van der Waals surface area (Å²) in [4.78, 5) is 14.2. The summed E-state index contributed by atoms with van der Waals surface area (Å²) in [5.41, 5.74) is 3.28. The Hall–Kier alpha value is -3.58. The SMILES string of the molecule is COc1ccc(C(C)NC(=O)c2cn(Cc3ccccc3)nc2-c2cccs2)cc1OC. The summed E-state index contributed by atoms with van der Waals surface area (Å²) < 4.78 is 12.5. The minimum absolute atomic E-state index is 0.171. The minimum Gasteiger partial charge on any atom is -0.493 e. The molecule has 0 aliphatic rings. The molecule has 0 saturated heterocycles. The van der Waals surface area contributed by atoms with Crippen LogP contribution in [0.4, 0.5) is 0 Å². The molecule has 0 aliphatic heterocycles. The van der Waals surface area contributed by atoms with E-state index in [0.29, 0.717) is 29.3 Å². The summed E-state index contributed by atoms with van der Waals surface area (Å²) in [7, 11) is 3.20. The van der Waals surface area contributed by atoms with E-state index in [1.165, 1.54) is 0 Å². The van der Waals surface area contributed by atoms with E-state index in [-0.39, 0.29) is 11.9 Å². The average molecular weight is 448 g/mol. The molecule has 7 heteroatoms. The monoisotopic (exact) mass is 447 g/mol. The number of carbonyl (C=O) groups excluding carboxylic acids is 1. The molecule has 1 unspecified atom stereocenters. The van der Waals surface area contributed by atoms with Crippen molar-refractivity contribution in [1.82, 2.24) is 15.1 Å². The number of thiophene rings is 1. The Morgan fingerprint density at radius 2 is 1.84 bits per heavy atom. The van der Waals surface area contributed by atoms with Crippen LogP contribution in [0.25, 0.3) is 10.6 Å². The molecule has 4 aromatic rings. The number of hydrogen-bond acceptors (Lipinski definition) is 5. The van der Waals surface area contributed by atoms with Crippen LogP contribution in [-0.4, -0.2) is 29.9 Å². The molecule has 1 amide bonds. The van der Waals surface area contributed by atoms with Crippen molar-refractivity contribution in [2.75, 3.05) is 14.2 Å². The molecule has 0 saturated carbocycles. The van der Waals surface area contributed by atoms with E-state index in [1.807, 2.05) is 83.8 Å². The van der Waals surface area contributed by atoms with Gasteiger partial charge in [0.05, 0.1) is 37.2 Å². The Balaban J connectivity index is 1.59. The van der Waals surface area contributed by atoms with Crippen molar-refractivity contribution in [3.8, 4) is 22.1 Å². The van der Waals surface area contributed by atoms with Gasteiger partial charge in [0, 0.05) is 6.20 Å². The molecule has 6 nitrogen and oxygen atoms in total. The zero-order valence-corrected chi connectivity index (χ0v) is 19.1. The Morgan fingerprint density at radius 3 is 2.53 bits per heavy atom. The highest BCUT2D eigenvalue weighted by atomic mass is 32.1. The Labute approximate surface area is 191 Å². The van der Waals surface area contributed by atoms with Crippen LogP contribution in [0.1, 0.15) is 34.5 Å². The van der Waals surface area contributed by atoms with Gasteiger partial charge in [-0.2, -0.15) is 5.10 Å². The molecule has 164 valence electrons. The summed E-state index contributed by atoms with van der Waals surface area (Å²) in [5.74, 6) is 1.10. The Kier molecular flexibility index (Phi) is 6.56. The lowest BCUT2D eigenvalue weighted by Crippen LogP contribution is -2.26. The largest absolute Gasteiger partial charge is 0.493 e. The van der Waals surface area contributed by atoms with Crippen LogP contribution < -0.4 is 14.8 Å². The van der Waals surface area contributed by atoms with Gasteiger partial charge < -0.3 is 14.8 Å². The summed E-state index contributed by atoms with van der Waals surface area (Å²) in [6.45, 7) is 2.54. The zero-order chi connectivity index (χ0) is 22.5. The van der Waals surface area contributed by atoms with Crippen molar-refractivity contribution in [2.24, 2.45) is 0 Å². The second-order valence-electron chi connectivity index (χ2n) is 7.36. The van der Waals surface area contributed by atoms with E-state index >= 15 is 0 Å². The predicted octanol–water partition coefficient (Wildman–Crippen LogP) is 5.17. The van der Waals surface area contributed by atoms with Gasteiger partial charge in [0.25, 0.3) is 5.91 Å². The molecule has 4 rings (SSSR count). The molecule has 2 aromatic carbocycles. The lowest BCUT2D eigenvalue weighted by Gasteiger charge is -2.16. The van der Waals surface area contributed by atoms with Crippen LogP contribution in [0.5, 0.6) is 11.5 Å². The molecule has 0 spiro atoms.